The summed E-state index contributed by atoms with van der Waals surface area (Å²) in [5, 5.41) is 11.1. The third kappa shape index (κ3) is 2.19. The molecular weight excluding hydrogens is 259 g/mol. The molecule has 3 heterocycles. The van der Waals surface area contributed by atoms with Gasteiger partial charge in [0.1, 0.15) is 5.82 Å². The average molecular weight is 280 g/mol. The molecule has 1 aromatic rings. The van der Waals surface area contributed by atoms with Gasteiger partial charge in [0, 0.05) is 17.6 Å². The van der Waals surface area contributed by atoms with Gasteiger partial charge < -0.3 is 14.7 Å². The summed E-state index contributed by atoms with van der Waals surface area (Å²) < 4.78 is 18.8. The van der Waals surface area contributed by atoms with Crippen LogP contribution >= 0.6 is 0 Å². The summed E-state index contributed by atoms with van der Waals surface area (Å²) in [7, 11) is 3.62. The van der Waals surface area contributed by atoms with Gasteiger partial charge in [-0.2, -0.15) is 0 Å². The van der Waals surface area contributed by atoms with E-state index in [1.807, 2.05) is 0 Å². The Morgan fingerprint density at radius 1 is 1.40 bits per heavy atom. The molecule has 110 valence electrons. The molecule has 0 amide bonds. The first-order valence-corrected chi connectivity index (χ1v) is 7.18. The van der Waals surface area contributed by atoms with Gasteiger partial charge in [-0.05, 0) is 38.8 Å². The molecule has 1 N–H and O–H groups in total. The van der Waals surface area contributed by atoms with Gasteiger partial charge in [0.05, 0.1) is 18.9 Å². The van der Waals surface area contributed by atoms with Gasteiger partial charge in [-0.15, -0.1) is 0 Å². The Morgan fingerprint density at radius 2 is 2.05 bits per heavy atom. The van der Waals surface area contributed by atoms with Crippen LogP contribution in [0.15, 0.2) is 12.3 Å². The van der Waals surface area contributed by atoms with Crippen molar-refractivity contribution in [2.24, 2.45) is 0 Å². The highest BCUT2D eigenvalue weighted by Crippen LogP contribution is 2.45. The molecule has 4 nitrogen and oxygen atoms in total. The number of hydrogen-bond donors (Lipinski definition) is 1. The van der Waals surface area contributed by atoms with E-state index in [1.165, 1.54) is 19.6 Å². The number of fused-ring (bicyclic) bond motifs is 2. The van der Waals surface area contributed by atoms with Crippen LogP contribution in [0.2, 0.25) is 0 Å². The lowest BCUT2D eigenvalue weighted by Crippen LogP contribution is -2.55. The van der Waals surface area contributed by atoms with Crippen molar-refractivity contribution in [3.05, 3.63) is 23.6 Å². The fourth-order valence-corrected chi connectivity index (χ4v) is 3.79. The van der Waals surface area contributed by atoms with Crippen LogP contribution < -0.4 is 4.74 Å². The van der Waals surface area contributed by atoms with Crippen LogP contribution in [0.25, 0.3) is 0 Å². The number of aromatic nitrogens is 1. The zero-order valence-electron chi connectivity index (χ0n) is 12.0. The Morgan fingerprint density at radius 3 is 2.65 bits per heavy atom. The summed E-state index contributed by atoms with van der Waals surface area (Å²) in [4.78, 5) is 6.32. The van der Waals surface area contributed by atoms with Crippen molar-refractivity contribution in [2.75, 3.05) is 14.2 Å². The molecule has 0 aromatic carbocycles. The summed E-state index contributed by atoms with van der Waals surface area (Å²) in [5.74, 6) is -0.102. The molecule has 0 saturated carbocycles. The summed E-state index contributed by atoms with van der Waals surface area (Å²) >= 11 is 0. The summed E-state index contributed by atoms with van der Waals surface area (Å²) in [6.07, 6.45) is 5.72. The zero-order valence-corrected chi connectivity index (χ0v) is 12.0. The van der Waals surface area contributed by atoms with Crippen molar-refractivity contribution in [1.29, 1.82) is 0 Å². The van der Waals surface area contributed by atoms with Crippen LogP contribution in [0.1, 0.15) is 37.7 Å². The van der Waals surface area contributed by atoms with Crippen molar-refractivity contribution in [3.63, 3.8) is 0 Å². The molecule has 20 heavy (non-hydrogen) atoms. The minimum absolute atomic E-state index is 0.330. The molecular formula is C15H21FN2O2. The van der Waals surface area contributed by atoms with Gasteiger partial charge in [0.15, 0.2) is 0 Å². The van der Waals surface area contributed by atoms with Crippen molar-refractivity contribution in [2.45, 2.75) is 49.8 Å². The number of aliphatic hydroxyl groups is 1. The van der Waals surface area contributed by atoms with Gasteiger partial charge >= 0.3 is 0 Å². The lowest BCUT2D eigenvalue weighted by atomic mass is 9.73. The Bertz CT molecular complexity index is 495. The molecule has 3 rings (SSSR count). The number of halogens is 1. The fraction of sp³-hybridized carbons (Fsp3) is 0.667. The number of nitrogens with zero attached hydrogens (tertiary/aromatic N) is 2. The molecule has 2 aliphatic rings. The first-order valence-electron chi connectivity index (χ1n) is 7.18. The van der Waals surface area contributed by atoms with Gasteiger partial charge in [-0.3, -0.25) is 0 Å². The topological polar surface area (TPSA) is 45.6 Å². The van der Waals surface area contributed by atoms with E-state index in [4.69, 9.17) is 4.74 Å². The van der Waals surface area contributed by atoms with Crippen molar-refractivity contribution in [3.8, 4) is 5.88 Å². The predicted molar refractivity (Wildman–Crippen MR) is 73.1 cm³/mol. The lowest BCUT2D eigenvalue weighted by molar-refractivity contribution is -0.0887. The minimum Gasteiger partial charge on any atom is -0.481 e. The van der Waals surface area contributed by atoms with Crippen molar-refractivity contribution >= 4 is 0 Å². The van der Waals surface area contributed by atoms with Gasteiger partial charge in [0.2, 0.25) is 5.88 Å². The maximum absolute atomic E-state index is 13.5. The number of pyridine rings is 1. The van der Waals surface area contributed by atoms with E-state index in [2.05, 4.69) is 16.9 Å². The van der Waals surface area contributed by atoms with E-state index in [-0.39, 0.29) is 0 Å². The molecule has 1 aromatic heterocycles. The van der Waals surface area contributed by atoms with Crippen LogP contribution in [-0.2, 0) is 5.60 Å². The second-order valence-electron chi connectivity index (χ2n) is 6.05. The van der Waals surface area contributed by atoms with Crippen LogP contribution in [0.3, 0.4) is 0 Å². The molecule has 2 saturated heterocycles. The molecule has 0 aliphatic carbocycles. The maximum atomic E-state index is 13.5. The lowest BCUT2D eigenvalue weighted by Gasteiger charge is -2.50. The van der Waals surface area contributed by atoms with Crippen LogP contribution in [0.4, 0.5) is 4.39 Å². The number of methoxy groups -OCH3 is 1. The molecule has 5 heteroatoms. The van der Waals surface area contributed by atoms with Gasteiger partial charge in [-0.25, -0.2) is 9.37 Å². The van der Waals surface area contributed by atoms with E-state index in [9.17, 15) is 9.50 Å². The van der Waals surface area contributed by atoms with Gasteiger partial charge in [-0.1, -0.05) is 6.42 Å². The predicted octanol–water partition coefficient (Wildman–Crippen LogP) is 2.06. The average Bonchev–Trinajstić information content (AvgIpc) is 2.41. The standard InChI is InChI=1S/C15H21FN2O2/c1-18-11-4-3-5-12(18)8-15(19,7-11)13-6-10(16)9-17-14(13)20-2/h6,9,11-12,19H,3-5,7-8H2,1-2H3. The number of ether oxygens (including phenoxy) is 1. The van der Waals surface area contributed by atoms with Crippen LogP contribution in [0.5, 0.6) is 5.88 Å². The van der Waals surface area contributed by atoms with Crippen molar-refractivity contribution in [1.82, 2.24) is 9.88 Å². The van der Waals surface area contributed by atoms with E-state index in [0.717, 1.165) is 19.0 Å². The highest BCUT2D eigenvalue weighted by molar-refractivity contribution is 5.33. The highest BCUT2D eigenvalue weighted by atomic mass is 19.1. The molecule has 2 bridgehead atoms. The van der Waals surface area contributed by atoms with E-state index < -0.39 is 11.4 Å². The number of piperidine rings is 2. The molecule has 2 unspecified atom stereocenters. The quantitative estimate of drug-likeness (QED) is 0.901. The van der Waals surface area contributed by atoms with Crippen LogP contribution in [0, 0.1) is 5.82 Å². The molecule has 0 spiro atoms. The zero-order chi connectivity index (χ0) is 14.3. The normalized spacial score (nSPS) is 34.0. The van der Waals surface area contributed by atoms with E-state index in [0.29, 0.717) is 36.4 Å². The van der Waals surface area contributed by atoms with Crippen LogP contribution in [-0.4, -0.2) is 41.2 Å². The fourth-order valence-electron chi connectivity index (χ4n) is 3.79. The van der Waals surface area contributed by atoms with Crippen molar-refractivity contribution < 1.29 is 14.2 Å². The second-order valence-corrected chi connectivity index (χ2v) is 6.05. The number of hydrogen-bond acceptors (Lipinski definition) is 4. The Kier molecular flexibility index (Phi) is 3.42. The maximum Gasteiger partial charge on any atom is 0.219 e. The largest absolute Gasteiger partial charge is 0.481 e. The van der Waals surface area contributed by atoms with E-state index >= 15 is 0 Å². The van der Waals surface area contributed by atoms with Gasteiger partial charge in [0.25, 0.3) is 0 Å². The molecule has 2 atom stereocenters. The summed E-state index contributed by atoms with van der Waals surface area (Å²) in [6.45, 7) is 0. The highest BCUT2D eigenvalue weighted by Gasteiger charge is 2.46. The first-order chi connectivity index (χ1) is 9.53. The second kappa shape index (κ2) is 4.97. The first kappa shape index (κ1) is 13.8. The Hall–Kier alpha value is -1.20. The number of rotatable bonds is 2. The third-order valence-corrected chi connectivity index (χ3v) is 4.89. The minimum atomic E-state index is -1.04. The third-order valence-electron chi connectivity index (χ3n) is 4.89. The summed E-state index contributed by atoms with van der Waals surface area (Å²) in [5.41, 5.74) is -0.548. The summed E-state index contributed by atoms with van der Waals surface area (Å²) in [6, 6.07) is 2.06. The SMILES string of the molecule is COc1ncc(F)cc1C1(O)CC2CCCC(C1)N2C. The smallest absolute Gasteiger partial charge is 0.219 e. The Labute approximate surface area is 118 Å². The van der Waals surface area contributed by atoms with E-state index in [1.54, 1.807) is 0 Å². The molecule has 0 radical (unpaired) electrons. The Balaban J connectivity index is 1.98. The molecule has 2 fully saturated rings. The monoisotopic (exact) mass is 280 g/mol. The molecule has 2 aliphatic heterocycles.